The Morgan fingerprint density at radius 3 is 1.35 bits per heavy atom. The maximum Gasteiger partial charge on any atom is 0.115 e. The van der Waals surface area contributed by atoms with Gasteiger partial charge in [0.05, 0.1) is 6.16 Å². The van der Waals surface area contributed by atoms with Crippen LogP contribution in [0.25, 0.3) is 0 Å². The van der Waals surface area contributed by atoms with Crippen LogP contribution in [0.2, 0.25) is 0 Å². The molecule has 0 N–H and O–H groups in total. The molecule has 0 saturated heterocycles. The van der Waals surface area contributed by atoms with E-state index >= 15 is 0 Å². The molecule has 3 aromatic carbocycles. The third kappa shape index (κ3) is 4.53. The molecular weight excluding hydrogens is 399 g/mol. The maximum absolute atomic E-state index is 2.41. The lowest BCUT2D eigenvalue weighted by Crippen LogP contribution is -3.00. The van der Waals surface area contributed by atoms with Crippen LogP contribution in [-0.2, 0) is 0 Å². The summed E-state index contributed by atoms with van der Waals surface area (Å²) in [4.78, 5) is 0. The molecule has 3 aromatic rings. The Balaban J connectivity index is 0.00000243. The number of hydrogen-bond acceptors (Lipinski definition) is 0. The molecule has 0 bridgehead atoms. The third-order valence-electron chi connectivity index (χ3n) is 4.59. The van der Waals surface area contributed by atoms with Crippen molar-refractivity contribution < 1.29 is 17.0 Å². The van der Waals surface area contributed by atoms with E-state index in [4.69, 9.17) is 0 Å². The first-order chi connectivity index (χ1) is 12.4. The van der Waals surface area contributed by atoms with E-state index in [0.717, 1.165) is 12.6 Å². The van der Waals surface area contributed by atoms with Crippen LogP contribution in [0.4, 0.5) is 0 Å². The van der Waals surface area contributed by atoms with E-state index in [1.54, 1.807) is 0 Å². The predicted octanol–water partition coefficient (Wildman–Crippen LogP) is 2.34. The molecule has 3 rings (SSSR count). The highest BCUT2D eigenvalue weighted by molar-refractivity contribution is 7.95. The summed E-state index contributed by atoms with van der Waals surface area (Å²) in [5, 5.41) is 4.36. The minimum atomic E-state index is -1.68. The molecule has 0 aliphatic rings. The third-order valence-corrected chi connectivity index (χ3v) is 8.89. The van der Waals surface area contributed by atoms with Crippen LogP contribution < -0.4 is 32.9 Å². The van der Waals surface area contributed by atoms with Gasteiger partial charge in [0, 0.05) is 0 Å². The Hall–Kier alpha value is -1.69. The van der Waals surface area contributed by atoms with E-state index in [-0.39, 0.29) is 17.0 Å². The minimum absolute atomic E-state index is 0. The summed E-state index contributed by atoms with van der Waals surface area (Å²) in [5.74, 6) is 0. The van der Waals surface area contributed by atoms with Gasteiger partial charge in [-0.25, -0.2) is 0 Å². The lowest BCUT2D eigenvalue weighted by Gasteiger charge is -2.26. The van der Waals surface area contributed by atoms with Gasteiger partial charge in [-0.2, -0.15) is 0 Å². The molecule has 0 heterocycles. The van der Waals surface area contributed by atoms with E-state index in [0.29, 0.717) is 0 Å². The molecule has 0 aliphatic heterocycles. The first-order valence-electron chi connectivity index (χ1n) is 9.08. The second-order valence-corrected chi connectivity index (χ2v) is 9.79. The average molecular weight is 425 g/mol. The first-order valence-corrected chi connectivity index (χ1v) is 11.1. The van der Waals surface area contributed by atoms with Crippen LogP contribution >= 0.6 is 7.26 Å². The Bertz CT molecular complexity index is 686. The molecule has 0 aliphatic carbocycles. The van der Waals surface area contributed by atoms with E-state index in [2.05, 4.69) is 110 Å². The van der Waals surface area contributed by atoms with Gasteiger partial charge in [0.15, 0.2) is 0 Å². The van der Waals surface area contributed by atoms with Crippen molar-refractivity contribution in [3.8, 4) is 0 Å². The largest absolute Gasteiger partial charge is 1.00 e. The van der Waals surface area contributed by atoms with Crippen LogP contribution in [0.5, 0.6) is 0 Å². The lowest BCUT2D eigenvalue weighted by atomic mass is 10.3. The smallest absolute Gasteiger partial charge is 0.115 e. The number of halogens is 1. The topological polar surface area (TPSA) is 0 Å². The molecular formula is C24H26BrP. The number of allylic oxidation sites excluding steroid dienone is 2. The maximum atomic E-state index is 2.41. The molecule has 26 heavy (non-hydrogen) atoms. The van der Waals surface area contributed by atoms with Crippen LogP contribution in [-0.4, -0.2) is 6.16 Å². The lowest BCUT2D eigenvalue weighted by molar-refractivity contribution is -0.00000493. The van der Waals surface area contributed by atoms with Gasteiger partial charge in [-0.3, -0.25) is 0 Å². The monoisotopic (exact) mass is 424 g/mol. The van der Waals surface area contributed by atoms with Crippen molar-refractivity contribution in [2.45, 2.75) is 19.8 Å². The zero-order chi connectivity index (χ0) is 17.4. The van der Waals surface area contributed by atoms with Gasteiger partial charge >= 0.3 is 0 Å². The summed E-state index contributed by atoms with van der Waals surface area (Å²) in [7, 11) is -1.68. The van der Waals surface area contributed by atoms with Crippen molar-refractivity contribution in [2.24, 2.45) is 0 Å². The van der Waals surface area contributed by atoms with Gasteiger partial charge in [-0.05, 0) is 42.8 Å². The van der Waals surface area contributed by atoms with E-state index in [1.807, 2.05) is 0 Å². The number of rotatable bonds is 7. The van der Waals surface area contributed by atoms with Gasteiger partial charge in [0.2, 0.25) is 0 Å². The standard InChI is InChI=1S/C24H26P.BrH/c1-2-3-4-14-21-25(22-15-8-5-9-16-22,23-17-10-6-11-18-23)24-19-12-7-13-20-24;/h4-20H,2-3,21H2,1H3;1H/q+1;/p-1/b14-4-;. The molecule has 0 saturated carbocycles. The fraction of sp³-hybridized carbons (Fsp3) is 0.167. The van der Waals surface area contributed by atoms with E-state index < -0.39 is 7.26 Å². The van der Waals surface area contributed by atoms with Gasteiger partial charge in [-0.1, -0.05) is 80.1 Å². The molecule has 0 amide bonds. The summed E-state index contributed by atoms with van der Waals surface area (Å²) in [6.45, 7) is 2.23. The SMILES string of the molecule is CCC/C=C\C[P+](c1ccccc1)(c1ccccc1)c1ccccc1.[Br-]. The summed E-state index contributed by atoms with van der Waals surface area (Å²) in [6, 6.07) is 33.2. The van der Waals surface area contributed by atoms with Gasteiger partial charge in [0.1, 0.15) is 23.2 Å². The molecule has 0 spiro atoms. The van der Waals surface area contributed by atoms with Crippen LogP contribution in [0.1, 0.15) is 19.8 Å². The second kappa shape index (κ2) is 10.5. The van der Waals surface area contributed by atoms with E-state index in [9.17, 15) is 0 Å². The summed E-state index contributed by atoms with van der Waals surface area (Å²) in [6.07, 6.45) is 8.18. The van der Waals surface area contributed by atoms with Crippen LogP contribution in [0, 0.1) is 0 Å². The highest BCUT2D eigenvalue weighted by Crippen LogP contribution is 2.55. The Morgan fingerprint density at radius 2 is 1.00 bits per heavy atom. The first kappa shape index (κ1) is 20.6. The van der Waals surface area contributed by atoms with E-state index in [1.165, 1.54) is 22.3 Å². The molecule has 0 unspecified atom stereocenters. The van der Waals surface area contributed by atoms with Crippen molar-refractivity contribution in [2.75, 3.05) is 6.16 Å². The second-order valence-electron chi connectivity index (χ2n) is 6.26. The minimum Gasteiger partial charge on any atom is -1.00 e. The van der Waals surface area contributed by atoms with Crippen molar-refractivity contribution in [1.82, 2.24) is 0 Å². The van der Waals surface area contributed by atoms with Gasteiger partial charge < -0.3 is 17.0 Å². The average Bonchev–Trinajstić information content (AvgIpc) is 2.70. The fourth-order valence-corrected chi connectivity index (χ4v) is 7.36. The summed E-state index contributed by atoms with van der Waals surface area (Å²) >= 11 is 0. The Morgan fingerprint density at radius 1 is 0.615 bits per heavy atom. The van der Waals surface area contributed by atoms with Crippen molar-refractivity contribution in [3.63, 3.8) is 0 Å². The van der Waals surface area contributed by atoms with Crippen molar-refractivity contribution in [1.29, 1.82) is 0 Å². The molecule has 0 aromatic heterocycles. The molecule has 0 radical (unpaired) electrons. The zero-order valence-electron chi connectivity index (χ0n) is 15.3. The molecule has 134 valence electrons. The number of hydrogen-bond donors (Lipinski definition) is 0. The van der Waals surface area contributed by atoms with Gasteiger partial charge in [-0.15, -0.1) is 0 Å². The highest BCUT2D eigenvalue weighted by Gasteiger charge is 2.43. The molecule has 0 atom stereocenters. The Kier molecular flexibility index (Phi) is 8.29. The molecule has 0 nitrogen and oxygen atoms in total. The number of unbranched alkanes of at least 4 members (excludes halogenated alkanes) is 1. The van der Waals surface area contributed by atoms with Crippen LogP contribution in [0.3, 0.4) is 0 Å². The quantitative estimate of drug-likeness (QED) is 0.403. The number of benzene rings is 3. The fourth-order valence-electron chi connectivity index (χ4n) is 3.33. The van der Waals surface area contributed by atoms with Crippen LogP contribution in [0.15, 0.2) is 103 Å². The highest BCUT2D eigenvalue weighted by atomic mass is 79.9. The van der Waals surface area contributed by atoms with Crippen molar-refractivity contribution >= 4 is 23.2 Å². The normalized spacial score (nSPS) is 11.3. The van der Waals surface area contributed by atoms with Gasteiger partial charge in [0.25, 0.3) is 0 Å². The molecule has 0 fully saturated rings. The predicted molar refractivity (Wildman–Crippen MR) is 114 cm³/mol. The van der Waals surface area contributed by atoms with Crippen molar-refractivity contribution in [3.05, 3.63) is 103 Å². The summed E-state index contributed by atoms with van der Waals surface area (Å²) < 4.78 is 0. The molecule has 2 heteroatoms. The zero-order valence-corrected chi connectivity index (χ0v) is 17.7. The Labute approximate surface area is 169 Å². The summed E-state index contributed by atoms with van der Waals surface area (Å²) in [5.41, 5.74) is 0.